The standard InChI is InChI=1S/C16H24N2/c1-18-10-7-14(12-18)13-5-4-6-15(11-13)16(17)8-2-3-9-16/h4-6,11,14H,2-3,7-10,12,17H2,1H3. The van der Waals surface area contributed by atoms with Crippen LogP contribution in [-0.2, 0) is 5.54 Å². The lowest BCUT2D eigenvalue weighted by molar-refractivity contribution is 0.411. The van der Waals surface area contributed by atoms with Crippen molar-refractivity contribution >= 4 is 0 Å². The second kappa shape index (κ2) is 4.67. The van der Waals surface area contributed by atoms with E-state index in [0.29, 0.717) is 5.92 Å². The summed E-state index contributed by atoms with van der Waals surface area (Å²) in [4.78, 5) is 2.42. The Morgan fingerprint density at radius 1 is 1.28 bits per heavy atom. The highest BCUT2D eigenvalue weighted by Gasteiger charge is 2.32. The van der Waals surface area contributed by atoms with Crippen molar-refractivity contribution < 1.29 is 0 Å². The maximum atomic E-state index is 6.56. The van der Waals surface area contributed by atoms with E-state index in [0.717, 1.165) is 12.8 Å². The molecule has 1 saturated heterocycles. The molecular formula is C16H24N2. The van der Waals surface area contributed by atoms with Gasteiger partial charge >= 0.3 is 0 Å². The first-order valence-corrected chi connectivity index (χ1v) is 7.25. The fourth-order valence-corrected chi connectivity index (χ4v) is 3.60. The largest absolute Gasteiger partial charge is 0.321 e. The fraction of sp³-hybridized carbons (Fsp3) is 0.625. The Labute approximate surface area is 110 Å². The third kappa shape index (κ3) is 2.19. The zero-order valence-corrected chi connectivity index (χ0v) is 11.4. The van der Waals surface area contributed by atoms with Gasteiger partial charge in [0, 0.05) is 12.1 Å². The molecule has 2 nitrogen and oxygen atoms in total. The molecule has 1 aromatic rings. The number of hydrogen-bond donors (Lipinski definition) is 1. The molecule has 2 heteroatoms. The second-order valence-corrected chi connectivity index (χ2v) is 6.24. The van der Waals surface area contributed by atoms with Crippen LogP contribution >= 0.6 is 0 Å². The van der Waals surface area contributed by atoms with Gasteiger partial charge in [-0.1, -0.05) is 37.1 Å². The Balaban J connectivity index is 1.85. The molecule has 2 aliphatic rings. The van der Waals surface area contributed by atoms with Crippen molar-refractivity contribution in [1.82, 2.24) is 4.90 Å². The van der Waals surface area contributed by atoms with E-state index in [1.165, 1.54) is 43.5 Å². The molecule has 18 heavy (non-hydrogen) atoms. The maximum Gasteiger partial charge on any atom is 0.0409 e. The SMILES string of the molecule is CN1CCC(c2cccc(C3(N)CCCC3)c2)C1. The number of benzene rings is 1. The molecule has 1 unspecified atom stereocenters. The summed E-state index contributed by atoms with van der Waals surface area (Å²) in [7, 11) is 2.21. The van der Waals surface area contributed by atoms with Crippen LogP contribution in [0.25, 0.3) is 0 Å². The minimum Gasteiger partial charge on any atom is -0.321 e. The van der Waals surface area contributed by atoms with Crippen LogP contribution in [0, 0.1) is 0 Å². The number of hydrogen-bond acceptors (Lipinski definition) is 2. The number of nitrogens with zero attached hydrogens (tertiary/aromatic N) is 1. The first-order valence-electron chi connectivity index (χ1n) is 7.25. The minimum absolute atomic E-state index is 0.0412. The zero-order valence-electron chi connectivity index (χ0n) is 11.4. The van der Waals surface area contributed by atoms with Crippen LogP contribution < -0.4 is 5.73 Å². The van der Waals surface area contributed by atoms with E-state index >= 15 is 0 Å². The number of rotatable bonds is 2. The molecule has 1 aliphatic heterocycles. The van der Waals surface area contributed by atoms with E-state index in [1.807, 2.05) is 0 Å². The Kier molecular flexibility index (Phi) is 3.16. The molecule has 1 aromatic carbocycles. The van der Waals surface area contributed by atoms with Crippen molar-refractivity contribution in [2.75, 3.05) is 20.1 Å². The topological polar surface area (TPSA) is 29.3 Å². The smallest absolute Gasteiger partial charge is 0.0409 e. The number of likely N-dealkylation sites (N-methyl/N-ethyl adjacent to an activating group) is 1. The highest BCUT2D eigenvalue weighted by Crippen LogP contribution is 2.37. The summed E-state index contributed by atoms with van der Waals surface area (Å²) in [6.07, 6.45) is 6.17. The molecule has 3 rings (SSSR count). The zero-order chi connectivity index (χ0) is 12.6. The molecule has 0 bridgehead atoms. The summed E-state index contributed by atoms with van der Waals surface area (Å²) in [6.45, 7) is 2.42. The first-order chi connectivity index (χ1) is 8.67. The van der Waals surface area contributed by atoms with Crippen LogP contribution in [-0.4, -0.2) is 25.0 Å². The Bertz CT molecular complexity index is 421. The first kappa shape index (κ1) is 12.2. The monoisotopic (exact) mass is 244 g/mol. The van der Waals surface area contributed by atoms with Gasteiger partial charge in [0.2, 0.25) is 0 Å². The fourth-order valence-electron chi connectivity index (χ4n) is 3.60. The van der Waals surface area contributed by atoms with Crippen molar-refractivity contribution in [2.24, 2.45) is 5.73 Å². The van der Waals surface area contributed by atoms with E-state index < -0.39 is 0 Å². The molecule has 1 saturated carbocycles. The van der Waals surface area contributed by atoms with Crippen molar-refractivity contribution in [3.63, 3.8) is 0 Å². The van der Waals surface area contributed by atoms with Crippen molar-refractivity contribution in [2.45, 2.75) is 43.6 Å². The lowest BCUT2D eigenvalue weighted by Gasteiger charge is -2.25. The Morgan fingerprint density at radius 3 is 2.72 bits per heavy atom. The van der Waals surface area contributed by atoms with E-state index in [2.05, 4.69) is 36.2 Å². The van der Waals surface area contributed by atoms with Crippen LogP contribution in [0.5, 0.6) is 0 Å². The van der Waals surface area contributed by atoms with E-state index in [4.69, 9.17) is 5.73 Å². The highest BCUT2D eigenvalue weighted by molar-refractivity contribution is 5.32. The Morgan fingerprint density at radius 2 is 2.06 bits per heavy atom. The summed E-state index contributed by atoms with van der Waals surface area (Å²) >= 11 is 0. The van der Waals surface area contributed by atoms with Gasteiger partial charge in [0.1, 0.15) is 0 Å². The van der Waals surface area contributed by atoms with E-state index in [1.54, 1.807) is 0 Å². The maximum absolute atomic E-state index is 6.56. The number of nitrogens with two attached hydrogens (primary N) is 1. The van der Waals surface area contributed by atoms with E-state index in [9.17, 15) is 0 Å². The molecule has 0 spiro atoms. The van der Waals surface area contributed by atoms with Gasteiger partial charge in [0.15, 0.2) is 0 Å². The summed E-state index contributed by atoms with van der Waals surface area (Å²) in [5.41, 5.74) is 9.39. The molecule has 0 radical (unpaired) electrons. The number of likely N-dealkylation sites (tertiary alicyclic amines) is 1. The molecule has 2 N–H and O–H groups in total. The lowest BCUT2D eigenvalue weighted by Crippen LogP contribution is -2.33. The summed E-state index contributed by atoms with van der Waals surface area (Å²) in [5, 5.41) is 0. The molecule has 0 amide bonds. The predicted molar refractivity (Wildman–Crippen MR) is 75.6 cm³/mol. The molecule has 0 aromatic heterocycles. The third-order valence-electron chi connectivity index (χ3n) is 4.82. The van der Waals surface area contributed by atoms with Gasteiger partial charge in [-0.25, -0.2) is 0 Å². The summed E-state index contributed by atoms with van der Waals surface area (Å²) < 4.78 is 0. The van der Waals surface area contributed by atoms with E-state index in [-0.39, 0.29) is 5.54 Å². The van der Waals surface area contributed by atoms with Gasteiger partial charge in [0.05, 0.1) is 0 Å². The molecular weight excluding hydrogens is 220 g/mol. The summed E-state index contributed by atoms with van der Waals surface area (Å²) in [5.74, 6) is 0.708. The summed E-state index contributed by atoms with van der Waals surface area (Å²) in [6, 6.07) is 9.10. The van der Waals surface area contributed by atoms with Crippen LogP contribution in [0.1, 0.15) is 49.1 Å². The highest BCUT2D eigenvalue weighted by atomic mass is 15.1. The average molecular weight is 244 g/mol. The van der Waals surface area contributed by atoms with Crippen LogP contribution in [0.15, 0.2) is 24.3 Å². The second-order valence-electron chi connectivity index (χ2n) is 6.24. The van der Waals surface area contributed by atoms with Gasteiger partial charge in [0.25, 0.3) is 0 Å². The molecule has 1 heterocycles. The average Bonchev–Trinajstić information content (AvgIpc) is 2.99. The predicted octanol–water partition coefficient (Wildman–Crippen LogP) is 2.83. The minimum atomic E-state index is -0.0412. The molecule has 1 atom stereocenters. The third-order valence-corrected chi connectivity index (χ3v) is 4.82. The quantitative estimate of drug-likeness (QED) is 0.867. The van der Waals surface area contributed by atoms with Crippen LogP contribution in [0.2, 0.25) is 0 Å². The van der Waals surface area contributed by atoms with Crippen molar-refractivity contribution in [1.29, 1.82) is 0 Å². The lowest BCUT2D eigenvalue weighted by atomic mass is 9.86. The van der Waals surface area contributed by atoms with Crippen LogP contribution in [0.3, 0.4) is 0 Å². The van der Waals surface area contributed by atoms with Crippen molar-refractivity contribution in [3.8, 4) is 0 Å². The van der Waals surface area contributed by atoms with Gasteiger partial charge < -0.3 is 10.6 Å². The van der Waals surface area contributed by atoms with Gasteiger partial charge in [-0.15, -0.1) is 0 Å². The Hall–Kier alpha value is -0.860. The normalized spacial score (nSPS) is 27.8. The molecule has 98 valence electrons. The van der Waals surface area contributed by atoms with Crippen LogP contribution in [0.4, 0.5) is 0 Å². The van der Waals surface area contributed by atoms with Crippen molar-refractivity contribution in [3.05, 3.63) is 35.4 Å². The van der Waals surface area contributed by atoms with Gasteiger partial charge in [-0.05, 0) is 49.9 Å². The van der Waals surface area contributed by atoms with Gasteiger partial charge in [-0.3, -0.25) is 0 Å². The van der Waals surface area contributed by atoms with Gasteiger partial charge in [-0.2, -0.15) is 0 Å². The molecule has 1 aliphatic carbocycles. The molecule has 2 fully saturated rings.